The molecule has 23 heavy (non-hydrogen) atoms. The van der Waals surface area contributed by atoms with Crippen molar-refractivity contribution in [1.29, 1.82) is 0 Å². The fourth-order valence-electron chi connectivity index (χ4n) is 2.34. The van der Waals surface area contributed by atoms with Gasteiger partial charge in [0.1, 0.15) is 5.75 Å². The normalized spacial score (nSPS) is 18.3. The fourth-order valence-corrected chi connectivity index (χ4v) is 2.68. The van der Waals surface area contributed by atoms with Crippen LogP contribution >= 0.6 is 0 Å². The molecule has 0 radical (unpaired) electrons. The minimum absolute atomic E-state index is 0.0820. The molecule has 10 heteroatoms. The molecule has 1 fully saturated rings. The lowest BCUT2D eigenvalue weighted by Gasteiger charge is -2.31. The summed E-state index contributed by atoms with van der Waals surface area (Å²) in [5.74, 6) is -0.847. The van der Waals surface area contributed by atoms with Gasteiger partial charge in [-0.15, -0.1) is 0 Å². The molecular formula is C13H15FN2O6S. The molecule has 1 saturated heterocycles. The Labute approximate surface area is 132 Å². The van der Waals surface area contributed by atoms with Gasteiger partial charge in [0.2, 0.25) is 0 Å². The number of rotatable bonds is 4. The van der Waals surface area contributed by atoms with Crippen molar-refractivity contribution in [3.63, 3.8) is 0 Å². The first-order chi connectivity index (χ1) is 10.7. The number of carbonyl (C=O) groups is 2. The molecule has 1 aliphatic rings. The zero-order valence-corrected chi connectivity index (χ0v) is 12.8. The fraction of sp³-hybridized carbons (Fsp3) is 0.385. The largest absolute Gasteiger partial charge is 0.488 e. The van der Waals surface area contributed by atoms with E-state index in [1.807, 2.05) is 0 Å². The van der Waals surface area contributed by atoms with Crippen LogP contribution in [0.4, 0.5) is 8.68 Å². The van der Waals surface area contributed by atoms with Crippen LogP contribution in [0, 0.1) is 0 Å². The number of halogens is 1. The Balaban J connectivity index is 2.03. The van der Waals surface area contributed by atoms with E-state index in [0.717, 1.165) is 6.07 Å². The lowest BCUT2D eigenvalue weighted by atomic mass is 10.1. The highest BCUT2D eigenvalue weighted by Gasteiger charge is 2.24. The average molecular weight is 346 g/mol. The zero-order chi connectivity index (χ0) is 17.0. The van der Waals surface area contributed by atoms with Crippen molar-refractivity contribution in [2.45, 2.75) is 18.9 Å². The highest BCUT2D eigenvalue weighted by atomic mass is 32.3. The third-order valence-electron chi connectivity index (χ3n) is 3.32. The van der Waals surface area contributed by atoms with Gasteiger partial charge in [0.15, 0.2) is 0 Å². The third kappa shape index (κ3) is 5.09. The van der Waals surface area contributed by atoms with Crippen molar-refractivity contribution in [2.75, 3.05) is 13.1 Å². The van der Waals surface area contributed by atoms with Crippen LogP contribution in [0.5, 0.6) is 5.75 Å². The van der Waals surface area contributed by atoms with Crippen molar-refractivity contribution < 1.29 is 31.2 Å². The molecule has 2 amide bonds. The maximum absolute atomic E-state index is 12.5. The molecule has 1 aromatic carbocycles. The number of nitrogens with zero attached hydrogens (tertiary/aromatic N) is 1. The van der Waals surface area contributed by atoms with E-state index in [2.05, 4.69) is 9.50 Å². The molecule has 1 atom stereocenters. The minimum Gasteiger partial charge on any atom is -0.465 e. The number of likely N-dealkylation sites (tertiary alicyclic amines) is 1. The molecule has 0 aliphatic carbocycles. The Morgan fingerprint density at radius 2 is 2.13 bits per heavy atom. The van der Waals surface area contributed by atoms with Crippen LogP contribution in [0.15, 0.2) is 24.3 Å². The van der Waals surface area contributed by atoms with E-state index in [1.54, 1.807) is 0 Å². The van der Waals surface area contributed by atoms with Crippen molar-refractivity contribution in [3.05, 3.63) is 29.8 Å². The zero-order valence-electron chi connectivity index (χ0n) is 11.9. The second-order valence-electron chi connectivity index (χ2n) is 5.05. The molecule has 0 saturated carbocycles. The summed E-state index contributed by atoms with van der Waals surface area (Å²) in [7, 11) is -5.17. The minimum atomic E-state index is -5.17. The summed E-state index contributed by atoms with van der Waals surface area (Å²) in [5, 5.41) is 11.6. The van der Waals surface area contributed by atoms with Gasteiger partial charge in [-0.3, -0.25) is 4.79 Å². The quantitative estimate of drug-likeness (QED) is 0.791. The van der Waals surface area contributed by atoms with Gasteiger partial charge in [-0.1, -0.05) is 9.95 Å². The molecule has 0 unspecified atom stereocenters. The van der Waals surface area contributed by atoms with Crippen LogP contribution in [0.2, 0.25) is 0 Å². The SMILES string of the molecule is O=C(N[C@@H]1CCCN(C(=O)O)C1)c1cccc(OS(=O)(=O)F)c1. The number of carbonyl (C=O) groups excluding carboxylic acids is 1. The Morgan fingerprint density at radius 1 is 1.39 bits per heavy atom. The molecule has 1 aromatic rings. The summed E-state index contributed by atoms with van der Waals surface area (Å²) in [6, 6.07) is 4.69. The second kappa shape index (κ2) is 6.82. The van der Waals surface area contributed by atoms with E-state index in [4.69, 9.17) is 5.11 Å². The predicted molar refractivity (Wildman–Crippen MR) is 77.2 cm³/mol. The van der Waals surface area contributed by atoms with Gasteiger partial charge in [-0.2, -0.15) is 8.42 Å². The second-order valence-corrected chi connectivity index (χ2v) is 6.00. The highest BCUT2D eigenvalue weighted by Crippen LogP contribution is 2.17. The van der Waals surface area contributed by atoms with Gasteiger partial charge in [-0.25, -0.2) is 4.79 Å². The Morgan fingerprint density at radius 3 is 2.78 bits per heavy atom. The molecule has 0 bridgehead atoms. The number of nitrogens with one attached hydrogen (secondary N) is 1. The third-order valence-corrected chi connectivity index (χ3v) is 3.71. The van der Waals surface area contributed by atoms with Crippen LogP contribution in [-0.4, -0.2) is 49.6 Å². The van der Waals surface area contributed by atoms with Crippen LogP contribution in [0.3, 0.4) is 0 Å². The van der Waals surface area contributed by atoms with Crippen LogP contribution < -0.4 is 9.50 Å². The first-order valence-corrected chi connectivity index (χ1v) is 8.08. The van der Waals surface area contributed by atoms with E-state index >= 15 is 0 Å². The number of benzene rings is 1. The Bertz CT molecular complexity index is 708. The molecule has 0 aromatic heterocycles. The number of amides is 2. The Hall–Kier alpha value is -2.36. The van der Waals surface area contributed by atoms with E-state index in [1.165, 1.54) is 23.1 Å². The summed E-state index contributed by atoms with van der Waals surface area (Å²) in [6.45, 7) is 0.593. The van der Waals surface area contributed by atoms with Gasteiger partial charge in [0.25, 0.3) is 5.91 Å². The number of hydrogen-bond donors (Lipinski definition) is 2. The van der Waals surface area contributed by atoms with Gasteiger partial charge >= 0.3 is 16.6 Å². The van der Waals surface area contributed by atoms with E-state index in [0.29, 0.717) is 19.4 Å². The lowest BCUT2D eigenvalue weighted by molar-refractivity contribution is 0.0888. The molecule has 126 valence electrons. The number of piperidine rings is 1. The van der Waals surface area contributed by atoms with Crippen molar-refractivity contribution in [1.82, 2.24) is 10.2 Å². The first-order valence-electron chi connectivity index (χ1n) is 6.77. The van der Waals surface area contributed by atoms with E-state index < -0.39 is 22.5 Å². The summed E-state index contributed by atoms with van der Waals surface area (Å²) in [5.41, 5.74) is 0.0820. The van der Waals surface area contributed by atoms with Crippen LogP contribution in [-0.2, 0) is 10.5 Å². The van der Waals surface area contributed by atoms with Gasteiger partial charge in [0.05, 0.1) is 0 Å². The van der Waals surface area contributed by atoms with Crippen molar-refractivity contribution in [3.8, 4) is 5.75 Å². The molecule has 8 nitrogen and oxygen atoms in total. The molecular weight excluding hydrogens is 331 g/mol. The molecule has 1 heterocycles. The highest BCUT2D eigenvalue weighted by molar-refractivity contribution is 7.81. The standard InChI is InChI=1S/C13H15FN2O6S/c14-23(20,21)22-11-5-1-3-9(7-11)12(17)15-10-4-2-6-16(8-10)13(18)19/h1,3,5,7,10H,2,4,6,8H2,(H,15,17)(H,18,19)/t10-/m1/s1. The topological polar surface area (TPSA) is 113 Å². The summed E-state index contributed by atoms with van der Waals surface area (Å²) < 4.78 is 37.5. The maximum atomic E-state index is 12.5. The molecule has 1 aliphatic heterocycles. The van der Waals surface area contributed by atoms with Gasteiger partial charge in [-0.05, 0) is 31.0 Å². The average Bonchev–Trinajstić information content (AvgIpc) is 2.46. The monoisotopic (exact) mass is 346 g/mol. The predicted octanol–water partition coefficient (Wildman–Crippen LogP) is 1.15. The maximum Gasteiger partial charge on any atom is 0.488 e. The summed E-state index contributed by atoms with van der Waals surface area (Å²) in [6.07, 6.45) is 0.206. The van der Waals surface area contributed by atoms with E-state index in [9.17, 15) is 21.9 Å². The van der Waals surface area contributed by atoms with Crippen LogP contribution in [0.25, 0.3) is 0 Å². The molecule has 0 spiro atoms. The molecule has 2 N–H and O–H groups in total. The Kier molecular flexibility index (Phi) is 5.04. The van der Waals surface area contributed by atoms with E-state index in [-0.39, 0.29) is 23.9 Å². The van der Waals surface area contributed by atoms with Crippen molar-refractivity contribution >= 4 is 22.5 Å². The molecule has 2 rings (SSSR count). The summed E-state index contributed by atoms with van der Waals surface area (Å²) >= 11 is 0. The van der Waals surface area contributed by atoms with Gasteiger partial charge < -0.3 is 19.5 Å². The van der Waals surface area contributed by atoms with Gasteiger partial charge in [0, 0.05) is 24.7 Å². The lowest BCUT2D eigenvalue weighted by Crippen LogP contribution is -2.49. The van der Waals surface area contributed by atoms with Crippen LogP contribution in [0.1, 0.15) is 23.2 Å². The van der Waals surface area contributed by atoms with Crippen molar-refractivity contribution in [2.24, 2.45) is 0 Å². The smallest absolute Gasteiger partial charge is 0.465 e. The summed E-state index contributed by atoms with van der Waals surface area (Å²) in [4.78, 5) is 24.3. The first kappa shape index (κ1) is 17.0. The number of hydrogen-bond acceptors (Lipinski definition) is 5. The number of carboxylic acid groups (broad SMARTS) is 1.